The fourth-order valence-corrected chi connectivity index (χ4v) is 3.44. The van der Waals surface area contributed by atoms with Crippen molar-refractivity contribution in [2.75, 3.05) is 0 Å². The van der Waals surface area contributed by atoms with Crippen LogP contribution in [0.5, 0.6) is 0 Å². The van der Waals surface area contributed by atoms with Crippen LogP contribution in [-0.4, -0.2) is 17.9 Å². The van der Waals surface area contributed by atoms with E-state index in [1.165, 1.54) is 13.8 Å². The van der Waals surface area contributed by atoms with Gasteiger partial charge in [0.05, 0.1) is 5.57 Å². The summed E-state index contributed by atoms with van der Waals surface area (Å²) >= 11 is 0. The highest BCUT2D eigenvalue weighted by Gasteiger charge is 2.55. The first-order valence-corrected chi connectivity index (χ1v) is 8.16. The lowest BCUT2D eigenvalue weighted by molar-refractivity contribution is -0.153. The number of carbonyl (C=O) groups is 2. The van der Waals surface area contributed by atoms with Gasteiger partial charge in [-0.2, -0.15) is 0 Å². The molecule has 0 amide bonds. The van der Waals surface area contributed by atoms with Gasteiger partial charge in [0.1, 0.15) is 5.76 Å². The number of carbonyl (C=O) groups excluding carboxylic acids is 2. The molecule has 1 unspecified atom stereocenters. The number of benzene rings is 2. The maximum Gasteiger partial charge on any atom is 0.303 e. The molecule has 0 spiro atoms. The number of rotatable bonds is 4. The van der Waals surface area contributed by atoms with E-state index in [-0.39, 0.29) is 5.78 Å². The predicted molar refractivity (Wildman–Crippen MR) is 93.7 cm³/mol. The van der Waals surface area contributed by atoms with Crippen LogP contribution >= 0.6 is 0 Å². The predicted octanol–water partition coefficient (Wildman–Crippen LogP) is 3.76. The van der Waals surface area contributed by atoms with Crippen molar-refractivity contribution >= 4 is 11.8 Å². The van der Waals surface area contributed by atoms with Gasteiger partial charge in [0, 0.05) is 18.1 Å². The van der Waals surface area contributed by atoms with Crippen LogP contribution in [0.1, 0.15) is 31.9 Å². The van der Waals surface area contributed by atoms with Crippen molar-refractivity contribution in [3.63, 3.8) is 0 Å². The zero-order valence-corrected chi connectivity index (χ0v) is 14.5. The van der Waals surface area contributed by atoms with E-state index in [0.717, 1.165) is 11.1 Å². The lowest BCUT2D eigenvalue weighted by Crippen LogP contribution is -2.43. The fraction of sp³-hybridized carbons (Fsp3) is 0.238. The highest BCUT2D eigenvalue weighted by Crippen LogP contribution is 2.48. The Labute approximate surface area is 147 Å². The van der Waals surface area contributed by atoms with Crippen LogP contribution in [0.3, 0.4) is 0 Å². The number of hydrogen-bond donors (Lipinski definition) is 0. The molecule has 0 aliphatic carbocycles. The normalized spacial score (nSPS) is 18.6. The number of allylic oxidation sites excluding steroid dienone is 1. The highest BCUT2D eigenvalue weighted by atomic mass is 16.6. The first-order chi connectivity index (χ1) is 12.0. The summed E-state index contributed by atoms with van der Waals surface area (Å²) in [5.41, 5.74) is 0.952. The number of esters is 1. The van der Waals surface area contributed by atoms with E-state index in [0.29, 0.717) is 11.3 Å². The van der Waals surface area contributed by atoms with E-state index in [1.54, 1.807) is 6.92 Å². The maximum atomic E-state index is 12.3. The third-order valence-electron chi connectivity index (χ3n) is 4.39. The topological polar surface area (TPSA) is 52.6 Å². The van der Waals surface area contributed by atoms with Crippen molar-refractivity contribution in [2.24, 2.45) is 0 Å². The minimum absolute atomic E-state index is 0.169. The van der Waals surface area contributed by atoms with Gasteiger partial charge in [-0.05, 0) is 13.8 Å². The zero-order chi connectivity index (χ0) is 18.0. The molecule has 128 valence electrons. The Morgan fingerprint density at radius 3 is 1.80 bits per heavy atom. The van der Waals surface area contributed by atoms with Gasteiger partial charge >= 0.3 is 5.97 Å². The van der Waals surface area contributed by atoms with Crippen LogP contribution in [0.25, 0.3) is 0 Å². The Morgan fingerprint density at radius 1 is 0.920 bits per heavy atom. The molecule has 2 aromatic carbocycles. The summed E-state index contributed by atoms with van der Waals surface area (Å²) in [7, 11) is 0. The highest BCUT2D eigenvalue weighted by molar-refractivity contribution is 5.96. The van der Waals surface area contributed by atoms with E-state index in [2.05, 4.69) is 0 Å². The summed E-state index contributed by atoms with van der Waals surface area (Å²) in [6, 6.07) is 19.1. The fourth-order valence-electron chi connectivity index (χ4n) is 3.44. The van der Waals surface area contributed by atoms with Crippen LogP contribution in [0.2, 0.25) is 0 Å². The summed E-state index contributed by atoms with van der Waals surface area (Å²) in [4.78, 5) is 24.1. The number of ketones is 1. The van der Waals surface area contributed by atoms with Gasteiger partial charge in [-0.1, -0.05) is 60.7 Å². The third-order valence-corrected chi connectivity index (χ3v) is 4.39. The minimum Gasteiger partial charge on any atom is -0.478 e. The zero-order valence-electron chi connectivity index (χ0n) is 14.5. The molecule has 0 fully saturated rings. The Balaban J connectivity index is 2.28. The number of ether oxygens (including phenoxy) is 2. The van der Waals surface area contributed by atoms with Gasteiger partial charge in [0.2, 0.25) is 0 Å². The smallest absolute Gasteiger partial charge is 0.303 e. The van der Waals surface area contributed by atoms with Gasteiger partial charge in [-0.25, -0.2) is 0 Å². The maximum absolute atomic E-state index is 12.3. The van der Waals surface area contributed by atoms with Crippen LogP contribution in [0.15, 0.2) is 72.0 Å². The lowest BCUT2D eigenvalue weighted by atomic mass is 9.79. The molecule has 1 aliphatic rings. The summed E-state index contributed by atoms with van der Waals surface area (Å²) < 4.78 is 11.9. The number of hydrogen-bond acceptors (Lipinski definition) is 4. The van der Waals surface area contributed by atoms with Crippen molar-refractivity contribution in [3.05, 3.63) is 83.1 Å². The van der Waals surface area contributed by atoms with Gasteiger partial charge in [-0.3, -0.25) is 9.59 Å². The van der Waals surface area contributed by atoms with Crippen molar-refractivity contribution in [3.8, 4) is 0 Å². The third kappa shape index (κ3) is 2.84. The lowest BCUT2D eigenvalue weighted by Gasteiger charge is -2.36. The molecule has 1 heterocycles. The summed E-state index contributed by atoms with van der Waals surface area (Å²) in [6.45, 7) is 4.54. The van der Waals surface area contributed by atoms with Crippen molar-refractivity contribution in [1.82, 2.24) is 0 Å². The molecule has 0 bridgehead atoms. The van der Waals surface area contributed by atoms with Crippen LogP contribution in [-0.2, 0) is 24.7 Å². The monoisotopic (exact) mass is 336 g/mol. The molecule has 0 radical (unpaired) electrons. The Hall–Kier alpha value is -2.88. The van der Waals surface area contributed by atoms with Gasteiger partial charge in [-0.15, -0.1) is 0 Å². The van der Waals surface area contributed by atoms with Crippen molar-refractivity contribution in [1.29, 1.82) is 0 Å². The van der Waals surface area contributed by atoms with E-state index >= 15 is 0 Å². The molecule has 4 nitrogen and oxygen atoms in total. The Bertz CT molecular complexity index is 782. The first kappa shape index (κ1) is 17.0. The van der Waals surface area contributed by atoms with Gasteiger partial charge in [0.15, 0.2) is 17.5 Å². The second-order valence-electron chi connectivity index (χ2n) is 6.09. The molecule has 1 aliphatic heterocycles. The second kappa shape index (κ2) is 6.55. The molecule has 2 aromatic rings. The number of Topliss-reactive ketones (excluding diaryl/α,β-unsaturated/α-hetero) is 1. The molecule has 0 N–H and O–H groups in total. The van der Waals surface area contributed by atoms with Crippen LogP contribution in [0, 0.1) is 0 Å². The molecule has 4 heteroatoms. The van der Waals surface area contributed by atoms with E-state index in [1.807, 2.05) is 60.7 Å². The minimum atomic E-state index is -1.08. The quantitative estimate of drug-likeness (QED) is 0.798. The van der Waals surface area contributed by atoms with E-state index in [4.69, 9.17) is 9.47 Å². The SMILES string of the molecule is CC(=O)OC1C(C(C)=O)=C(C)OC1(c1ccccc1)c1ccccc1. The average molecular weight is 336 g/mol. The summed E-state index contributed by atoms with van der Waals surface area (Å²) in [5.74, 6) is -0.151. The van der Waals surface area contributed by atoms with Gasteiger partial charge in [0.25, 0.3) is 0 Å². The Kier molecular flexibility index (Phi) is 4.45. The average Bonchev–Trinajstić information content (AvgIpc) is 2.89. The molecule has 0 saturated carbocycles. The molecule has 0 aromatic heterocycles. The molecular weight excluding hydrogens is 316 g/mol. The van der Waals surface area contributed by atoms with E-state index in [9.17, 15) is 9.59 Å². The van der Waals surface area contributed by atoms with E-state index < -0.39 is 17.7 Å². The molecule has 1 atom stereocenters. The molecular formula is C21H20O4. The largest absolute Gasteiger partial charge is 0.478 e. The molecule has 0 saturated heterocycles. The van der Waals surface area contributed by atoms with Crippen LogP contribution in [0.4, 0.5) is 0 Å². The molecule has 25 heavy (non-hydrogen) atoms. The Morgan fingerprint density at radius 2 is 1.40 bits per heavy atom. The second-order valence-corrected chi connectivity index (χ2v) is 6.09. The molecule has 3 rings (SSSR count). The van der Waals surface area contributed by atoms with Crippen LogP contribution < -0.4 is 0 Å². The van der Waals surface area contributed by atoms with Gasteiger partial charge < -0.3 is 9.47 Å². The summed E-state index contributed by atoms with van der Waals surface area (Å²) in [5, 5.41) is 0. The van der Waals surface area contributed by atoms with Crippen molar-refractivity contribution in [2.45, 2.75) is 32.5 Å². The van der Waals surface area contributed by atoms with Crippen molar-refractivity contribution < 1.29 is 19.1 Å². The standard InChI is InChI=1S/C21H20O4/c1-14(22)19-15(2)25-21(20(19)24-16(3)23,17-10-6-4-7-11-17)18-12-8-5-9-13-18/h4-13,20H,1-3H3. The first-order valence-electron chi connectivity index (χ1n) is 8.16. The summed E-state index contributed by atoms with van der Waals surface area (Å²) in [6.07, 6.45) is -0.840.